The molecular formula is C24H27FN4O2. The van der Waals surface area contributed by atoms with Crippen LogP contribution in [-0.4, -0.2) is 37.3 Å². The third-order valence-corrected chi connectivity index (χ3v) is 5.65. The molecule has 1 N–H and O–H groups in total. The molecule has 1 aromatic carbocycles. The zero-order valence-corrected chi connectivity index (χ0v) is 17.6. The van der Waals surface area contributed by atoms with Crippen LogP contribution in [0.5, 0.6) is 5.88 Å². The summed E-state index contributed by atoms with van der Waals surface area (Å²) in [6.45, 7) is 2.07. The lowest BCUT2D eigenvalue weighted by atomic mass is 9.95. The summed E-state index contributed by atoms with van der Waals surface area (Å²) in [6, 6.07) is 8.34. The van der Waals surface area contributed by atoms with Gasteiger partial charge in [0.2, 0.25) is 5.88 Å². The molecule has 1 aliphatic rings. The average Bonchev–Trinajstić information content (AvgIpc) is 2.76. The lowest BCUT2D eigenvalue weighted by Crippen LogP contribution is -2.35. The normalized spacial score (nSPS) is 19.7. The summed E-state index contributed by atoms with van der Waals surface area (Å²) in [5, 5.41) is 10.3. The van der Waals surface area contributed by atoms with E-state index < -0.39 is 6.10 Å². The van der Waals surface area contributed by atoms with E-state index >= 15 is 0 Å². The van der Waals surface area contributed by atoms with Gasteiger partial charge in [-0.1, -0.05) is 25.5 Å². The second-order valence-corrected chi connectivity index (χ2v) is 8.15. The predicted octanol–water partition coefficient (Wildman–Crippen LogP) is 4.03. The zero-order valence-electron chi connectivity index (χ0n) is 17.6. The van der Waals surface area contributed by atoms with Crippen LogP contribution in [-0.2, 0) is 12.8 Å². The van der Waals surface area contributed by atoms with Crippen LogP contribution in [0.25, 0.3) is 0 Å². The second kappa shape index (κ2) is 9.92. The molecule has 0 unspecified atom stereocenters. The Bertz CT molecular complexity index is 985. The van der Waals surface area contributed by atoms with Crippen LogP contribution in [0.3, 0.4) is 0 Å². The van der Waals surface area contributed by atoms with Crippen LogP contribution in [0.2, 0.25) is 0 Å². The number of aliphatic hydroxyl groups excluding tert-OH is 1. The molecule has 3 aromatic rings. The SMILES string of the molecule is C[C@H](Cc1nc(Cc2cnccn2)cc(O[C@H]2CCCC[C@@H]2O)n1)c1ccc(F)cc1. The molecule has 2 aromatic heterocycles. The van der Waals surface area contributed by atoms with Gasteiger partial charge in [0, 0.05) is 37.5 Å². The molecule has 3 atom stereocenters. The first-order valence-corrected chi connectivity index (χ1v) is 10.8. The lowest BCUT2D eigenvalue weighted by molar-refractivity contribution is 0.00427. The Kier molecular flexibility index (Phi) is 6.82. The highest BCUT2D eigenvalue weighted by molar-refractivity contribution is 5.24. The highest BCUT2D eigenvalue weighted by atomic mass is 19.1. The van der Waals surface area contributed by atoms with Gasteiger partial charge in [0.05, 0.1) is 17.5 Å². The van der Waals surface area contributed by atoms with Crippen LogP contribution in [0.4, 0.5) is 4.39 Å². The van der Waals surface area contributed by atoms with Gasteiger partial charge in [0.1, 0.15) is 17.7 Å². The Morgan fingerprint density at radius 2 is 1.90 bits per heavy atom. The number of aromatic nitrogens is 4. The van der Waals surface area contributed by atoms with Gasteiger partial charge in [-0.05, 0) is 42.9 Å². The van der Waals surface area contributed by atoms with E-state index in [2.05, 4.69) is 21.9 Å². The van der Waals surface area contributed by atoms with E-state index in [4.69, 9.17) is 9.72 Å². The Hall–Kier alpha value is -2.93. The van der Waals surface area contributed by atoms with Crippen LogP contribution in [0.1, 0.15) is 61.3 Å². The fourth-order valence-corrected chi connectivity index (χ4v) is 3.93. The van der Waals surface area contributed by atoms with Crippen molar-refractivity contribution >= 4 is 0 Å². The van der Waals surface area contributed by atoms with E-state index in [1.54, 1.807) is 30.7 Å². The quantitative estimate of drug-likeness (QED) is 0.619. The van der Waals surface area contributed by atoms with E-state index in [1.165, 1.54) is 12.1 Å². The summed E-state index contributed by atoms with van der Waals surface area (Å²) in [5.74, 6) is 0.986. The number of aliphatic hydroxyl groups is 1. The van der Waals surface area contributed by atoms with Gasteiger partial charge in [0.25, 0.3) is 0 Å². The monoisotopic (exact) mass is 422 g/mol. The molecule has 4 rings (SSSR count). The standard InChI is InChI=1S/C24H27FN4O2/c1-16(17-6-8-18(25)9-7-17)12-23-28-19(13-20-15-26-10-11-27-20)14-24(29-23)31-22-5-3-2-4-21(22)30/h6-11,14-16,21-22,30H,2-5,12-13H2,1H3/t16-,21+,22+/m1/s1. The molecule has 0 aliphatic heterocycles. The average molecular weight is 423 g/mol. The minimum atomic E-state index is -0.478. The molecule has 1 fully saturated rings. The number of nitrogens with zero attached hydrogens (tertiary/aromatic N) is 4. The van der Waals surface area contributed by atoms with Crippen molar-refractivity contribution in [3.05, 3.63) is 77.5 Å². The smallest absolute Gasteiger partial charge is 0.217 e. The first-order chi connectivity index (χ1) is 15.1. The highest BCUT2D eigenvalue weighted by Gasteiger charge is 2.25. The fraction of sp³-hybridized carbons (Fsp3) is 0.417. The molecule has 0 spiro atoms. The van der Waals surface area contributed by atoms with Gasteiger partial charge in [-0.2, -0.15) is 4.98 Å². The van der Waals surface area contributed by atoms with Gasteiger partial charge in [0.15, 0.2) is 0 Å². The third-order valence-electron chi connectivity index (χ3n) is 5.65. The number of hydrogen-bond acceptors (Lipinski definition) is 6. The minimum absolute atomic E-state index is 0.112. The van der Waals surface area contributed by atoms with Gasteiger partial charge < -0.3 is 9.84 Å². The van der Waals surface area contributed by atoms with E-state index in [0.29, 0.717) is 24.5 Å². The second-order valence-electron chi connectivity index (χ2n) is 8.15. The van der Waals surface area contributed by atoms with Crippen LogP contribution >= 0.6 is 0 Å². The van der Waals surface area contributed by atoms with Gasteiger partial charge in [-0.25, -0.2) is 9.37 Å². The number of halogens is 1. The van der Waals surface area contributed by atoms with Crippen molar-refractivity contribution in [1.82, 2.24) is 19.9 Å². The van der Waals surface area contributed by atoms with Crippen molar-refractivity contribution in [2.24, 2.45) is 0 Å². The number of hydrogen-bond donors (Lipinski definition) is 1. The van der Waals surface area contributed by atoms with E-state index in [1.807, 2.05) is 6.07 Å². The minimum Gasteiger partial charge on any atom is -0.472 e. The molecule has 0 amide bonds. The van der Waals surface area contributed by atoms with Crippen molar-refractivity contribution in [2.75, 3.05) is 0 Å². The van der Waals surface area contributed by atoms with E-state index in [-0.39, 0.29) is 17.8 Å². The number of benzene rings is 1. The molecule has 162 valence electrons. The summed E-state index contributed by atoms with van der Waals surface area (Å²) in [5.41, 5.74) is 2.62. The molecule has 2 heterocycles. The maximum atomic E-state index is 13.3. The highest BCUT2D eigenvalue weighted by Crippen LogP contribution is 2.25. The Morgan fingerprint density at radius 1 is 1.10 bits per heavy atom. The Labute approximate surface area is 181 Å². The van der Waals surface area contributed by atoms with Crippen LogP contribution in [0, 0.1) is 5.82 Å². The van der Waals surface area contributed by atoms with E-state index in [0.717, 1.165) is 42.6 Å². The maximum Gasteiger partial charge on any atom is 0.217 e. The van der Waals surface area contributed by atoms with Crippen molar-refractivity contribution in [3.8, 4) is 5.88 Å². The summed E-state index contributed by atoms with van der Waals surface area (Å²) in [6.07, 6.45) is 8.99. The summed E-state index contributed by atoms with van der Waals surface area (Å²) in [4.78, 5) is 17.8. The molecule has 31 heavy (non-hydrogen) atoms. The zero-order chi connectivity index (χ0) is 21.6. The van der Waals surface area contributed by atoms with Gasteiger partial charge >= 0.3 is 0 Å². The fourth-order valence-electron chi connectivity index (χ4n) is 3.93. The first-order valence-electron chi connectivity index (χ1n) is 10.8. The lowest BCUT2D eigenvalue weighted by Gasteiger charge is -2.28. The molecule has 0 bridgehead atoms. The van der Waals surface area contributed by atoms with Crippen molar-refractivity contribution in [1.29, 1.82) is 0 Å². The van der Waals surface area contributed by atoms with Gasteiger partial charge in [-0.3, -0.25) is 9.97 Å². The summed E-state index contributed by atoms with van der Waals surface area (Å²) >= 11 is 0. The van der Waals surface area contributed by atoms with Gasteiger partial charge in [-0.15, -0.1) is 0 Å². The molecule has 0 saturated heterocycles. The predicted molar refractivity (Wildman–Crippen MR) is 114 cm³/mol. The van der Waals surface area contributed by atoms with Crippen LogP contribution < -0.4 is 4.74 Å². The molecule has 7 heteroatoms. The molecule has 0 radical (unpaired) electrons. The number of rotatable bonds is 7. The Balaban J connectivity index is 1.57. The molecular weight excluding hydrogens is 395 g/mol. The number of ether oxygens (including phenoxy) is 1. The van der Waals surface area contributed by atoms with Crippen molar-refractivity contribution in [2.45, 2.75) is 63.6 Å². The molecule has 6 nitrogen and oxygen atoms in total. The maximum absolute atomic E-state index is 13.3. The van der Waals surface area contributed by atoms with Crippen molar-refractivity contribution in [3.63, 3.8) is 0 Å². The molecule has 1 saturated carbocycles. The summed E-state index contributed by atoms with van der Waals surface area (Å²) < 4.78 is 19.4. The third kappa shape index (κ3) is 5.82. The summed E-state index contributed by atoms with van der Waals surface area (Å²) in [7, 11) is 0. The first kappa shape index (κ1) is 21.3. The topological polar surface area (TPSA) is 81.0 Å². The van der Waals surface area contributed by atoms with Crippen LogP contribution in [0.15, 0.2) is 48.9 Å². The van der Waals surface area contributed by atoms with Crippen molar-refractivity contribution < 1.29 is 14.2 Å². The largest absolute Gasteiger partial charge is 0.472 e. The Morgan fingerprint density at radius 3 is 2.65 bits per heavy atom. The van der Waals surface area contributed by atoms with E-state index in [9.17, 15) is 9.50 Å². The molecule has 1 aliphatic carbocycles.